The lowest BCUT2D eigenvalue weighted by Gasteiger charge is -2.15. The molecule has 0 aromatic heterocycles. The first-order valence-corrected chi connectivity index (χ1v) is 6.60. The molecule has 0 fully saturated rings. The molecule has 0 spiro atoms. The highest BCUT2D eigenvalue weighted by Crippen LogP contribution is 2.10. The van der Waals surface area contributed by atoms with Gasteiger partial charge < -0.3 is 15.4 Å². The average Bonchev–Trinajstić information content (AvgIpc) is 2.37. The maximum Gasteiger partial charge on any atom is 0.236 e. The monoisotopic (exact) mass is 264 g/mol. The summed E-state index contributed by atoms with van der Waals surface area (Å²) in [6.45, 7) is 7.82. The molecule has 1 atom stereocenters. The lowest BCUT2D eigenvalue weighted by molar-refractivity contribution is -0.122. The lowest BCUT2D eigenvalue weighted by atomic mass is 10.1. The summed E-state index contributed by atoms with van der Waals surface area (Å²) in [6, 6.07) is 6.14. The zero-order valence-corrected chi connectivity index (χ0v) is 12.2. The van der Waals surface area contributed by atoms with E-state index in [1.54, 1.807) is 7.11 Å². The van der Waals surface area contributed by atoms with Crippen molar-refractivity contribution in [1.29, 1.82) is 0 Å². The van der Waals surface area contributed by atoms with Crippen molar-refractivity contribution in [2.45, 2.75) is 33.4 Å². The topological polar surface area (TPSA) is 50.4 Å². The predicted octanol–water partition coefficient (Wildman–Crippen LogP) is 1.54. The Labute approximate surface area is 115 Å². The summed E-state index contributed by atoms with van der Waals surface area (Å²) < 4.78 is 4.89. The van der Waals surface area contributed by atoms with Crippen LogP contribution in [0.4, 0.5) is 0 Å². The van der Waals surface area contributed by atoms with Crippen LogP contribution in [0.25, 0.3) is 0 Å². The summed E-state index contributed by atoms with van der Waals surface area (Å²) in [6.07, 6.45) is 0. The van der Waals surface area contributed by atoms with Gasteiger partial charge >= 0.3 is 0 Å². The first-order valence-electron chi connectivity index (χ1n) is 6.60. The fourth-order valence-corrected chi connectivity index (χ4v) is 1.83. The molecule has 0 saturated heterocycles. The molecule has 0 aliphatic heterocycles. The van der Waals surface area contributed by atoms with E-state index >= 15 is 0 Å². The van der Waals surface area contributed by atoms with Crippen molar-refractivity contribution in [2.24, 2.45) is 0 Å². The summed E-state index contributed by atoms with van der Waals surface area (Å²) >= 11 is 0. The van der Waals surface area contributed by atoms with Crippen LogP contribution in [0.5, 0.6) is 0 Å². The van der Waals surface area contributed by atoms with Gasteiger partial charge in [-0.1, -0.05) is 23.8 Å². The highest BCUT2D eigenvalue weighted by Gasteiger charge is 2.11. The molecule has 0 aliphatic rings. The summed E-state index contributed by atoms with van der Waals surface area (Å²) in [7, 11) is 1.62. The third-order valence-corrected chi connectivity index (χ3v) is 3.10. The molecule has 19 heavy (non-hydrogen) atoms. The Hall–Kier alpha value is -1.39. The number of rotatable bonds is 7. The molecule has 106 valence electrons. The van der Waals surface area contributed by atoms with Crippen LogP contribution in [-0.2, 0) is 16.1 Å². The number of benzene rings is 1. The highest BCUT2D eigenvalue weighted by atomic mass is 16.5. The molecular weight excluding hydrogens is 240 g/mol. The molecule has 1 amide bonds. The minimum Gasteiger partial charge on any atom is -0.383 e. The summed E-state index contributed by atoms with van der Waals surface area (Å²) in [5.74, 6) is 0.00168. The Kier molecular flexibility index (Phi) is 6.53. The van der Waals surface area contributed by atoms with Crippen LogP contribution in [0.1, 0.15) is 23.6 Å². The molecular formula is C15H24N2O2. The molecule has 1 rings (SSSR count). The van der Waals surface area contributed by atoms with Crippen molar-refractivity contribution in [3.05, 3.63) is 34.9 Å². The smallest absolute Gasteiger partial charge is 0.236 e. The van der Waals surface area contributed by atoms with E-state index in [9.17, 15) is 4.79 Å². The largest absolute Gasteiger partial charge is 0.383 e. The Morgan fingerprint density at radius 2 is 2.11 bits per heavy atom. The summed E-state index contributed by atoms with van der Waals surface area (Å²) in [4.78, 5) is 11.7. The number of nitrogens with one attached hydrogen (secondary N) is 2. The predicted molar refractivity (Wildman–Crippen MR) is 77.1 cm³/mol. The van der Waals surface area contributed by atoms with Crippen molar-refractivity contribution in [3.63, 3.8) is 0 Å². The number of aryl methyl sites for hydroxylation is 2. The van der Waals surface area contributed by atoms with Gasteiger partial charge in [0.05, 0.1) is 12.6 Å². The van der Waals surface area contributed by atoms with Gasteiger partial charge in [-0.2, -0.15) is 0 Å². The van der Waals surface area contributed by atoms with Crippen LogP contribution in [0.2, 0.25) is 0 Å². The molecule has 0 bridgehead atoms. The standard InChI is InChI=1S/C15H24N2O2/c1-11-5-6-14(12(2)9-11)10-17-13(3)15(18)16-7-8-19-4/h5-6,9,13,17H,7-8,10H2,1-4H3,(H,16,18). The van der Waals surface area contributed by atoms with Crippen LogP contribution in [0.15, 0.2) is 18.2 Å². The highest BCUT2D eigenvalue weighted by molar-refractivity contribution is 5.81. The van der Waals surface area contributed by atoms with E-state index in [2.05, 4.69) is 42.7 Å². The van der Waals surface area contributed by atoms with Crippen molar-refractivity contribution >= 4 is 5.91 Å². The number of amides is 1. The molecule has 4 heteroatoms. The maximum absolute atomic E-state index is 11.7. The van der Waals surface area contributed by atoms with Crippen molar-refractivity contribution in [3.8, 4) is 0 Å². The Morgan fingerprint density at radius 3 is 2.74 bits per heavy atom. The Morgan fingerprint density at radius 1 is 1.37 bits per heavy atom. The number of carbonyl (C=O) groups excluding carboxylic acids is 1. The van der Waals surface area contributed by atoms with E-state index in [-0.39, 0.29) is 11.9 Å². The minimum atomic E-state index is -0.211. The minimum absolute atomic E-state index is 0.00168. The first kappa shape index (κ1) is 15.7. The van der Waals surface area contributed by atoms with Gasteiger partial charge in [0, 0.05) is 20.2 Å². The van der Waals surface area contributed by atoms with Crippen LogP contribution >= 0.6 is 0 Å². The second-order valence-electron chi connectivity index (χ2n) is 4.82. The lowest BCUT2D eigenvalue weighted by Crippen LogP contribution is -2.42. The average molecular weight is 264 g/mol. The van der Waals surface area contributed by atoms with E-state index in [0.29, 0.717) is 19.7 Å². The quantitative estimate of drug-likeness (QED) is 0.735. The SMILES string of the molecule is COCCNC(=O)C(C)NCc1ccc(C)cc1C. The van der Waals surface area contributed by atoms with Crippen LogP contribution in [-0.4, -0.2) is 32.2 Å². The van der Waals surface area contributed by atoms with E-state index < -0.39 is 0 Å². The van der Waals surface area contributed by atoms with Gasteiger partial charge in [0.15, 0.2) is 0 Å². The fraction of sp³-hybridized carbons (Fsp3) is 0.533. The maximum atomic E-state index is 11.7. The Balaban J connectivity index is 2.40. The van der Waals surface area contributed by atoms with Gasteiger partial charge in [-0.15, -0.1) is 0 Å². The molecule has 2 N–H and O–H groups in total. The molecule has 1 unspecified atom stereocenters. The summed E-state index contributed by atoms with van der Waals surface area (Å²) in [5, 5.41) is 6.05. The zero-order chi connectivity index (χ0) is 14.3. The Bertz CT molecular complexity index is 419. The summed E-state index contributed by atoms with van der Waals surface area (Å²) in [5.41, 5.74) is 3.73. The molecule has 1 aromatic rings. The number of hydrogen-bond donors (Lipinski definition) is 2. The van der Waals surface area contributed by atoms with E-state index in [1.807, 2.05) is 6.92 Å². The van der Waals surface area contributed by atoms with Crippen molar-refractivity contribution in [2.75, 3.05) is 20.3 Å². The number of hydrogen-bond acceptors (Lipinski definition) is 3. The van der Waals surface area contributed by atoms with Gasteiger partial charge in [-0.25, -0.2) is 0 Å². The van der Waals surface area contributed by atoms with E-state index in [4.69, 9.17) is 4.74 Å². The van der Waals surface area contributed by atoms with E-state index in [0.717, 1.165) is 0 Å². The first-order chi connectivity index (χ1) is 9.04. The van der Waals surface area contributed by atoms with Crippen LogP contribution in [0, 0.1) is 13.8 Å². The number of carbonyl (C=O) groups is 1. The molecule has 1 aromatic carbocycles. The molecule has 0 saturated carbocycles. The van der Waals surface area contributed by atoms with Gasteiger partial charge in [0.25, 0.3) is 0 Å². The van der Waals surface area contributed by atoms with Crippen LogP contribution < -0.4 is 10.6 Å². The van der Waals surface area contributed by atoms with Gasteiger partial charge in [-0.3, -0.25) is 4.79 Å². The van der Waals surface area contributed by atoms with Crippen molar-refractivity contribution < 1.29 is 9.53 Å². The van der Waals surface area contributed by atoms with Gasteiger partial charge in [0.1, 0.15) is 0 Å². The molecule has 0 radical (unpaired) electrons. The van der Waals surface area contributed by atoms with Gasteiger partial charge in [-0.05, 0) is 31.9 Å². The third kappa shape index (κ3) is 5.41. The molecule has 0 heterocycles. The molecule has 4 nitrogen and oxygen atoms in total. The van der Waals surface area contributed by atoms with Crippen molar-refractivity contribution in [1.82, 2.24) is 10.6 Å². The van der Waals surface area contributed by atoms with E-state index in [1.165, 1.54) is 16.7 Å². The molecule has 0 aliphatic carbocycles. The van der Waals surface area contributed by atoms with Gasteiger partial charge in [0.2, 0.25) is 5.91 Å². The second-order valence-corrected chi connectivity index (χ2v) is 4.82. The zero-order valence-electron chi connectivity index (χ0n) is 12.2. The number of ether oxygens (including phenoxy) is 1. The normalized spacial score (nSPS) is 12.2. The van der Waals surface area contributed by atoms with Crippen LogP contribution in [0.3, 0.4) is 0 Å². The third-order valence-electron chi connectivity index (χ3n) is 3.10. The number of methoxy groups -OCH3 is 1. The second kappa shape index (κ2) is 7.92. The fourth-order valence-electron chi connectivity index (χ4n) is 1.83.